The van der Waals surface area contributed by atoms with Crippen molar-refractivity contribution in [2.45, 2.75) is 19.6 Å². The third-order valence-corrected chi connectivity index (χ3v) is 2.61. The highest BCUT2D eigenvalue weighted by atomic mass is 35.5. The van der Waals surface area contributed by atoms with Gasteiger partial charge >= 0.3 is 0 Å². The van der Waals surface area contributed by atoms with Crippen LogP contribution in [0.5, 0.6) is 5.88 Å². The number of hydrogen-bond acceptors (Lipinski definition) is 5. The summed E-state index contributed by atoms with van der Waals surface area (Å²) in [4.78, 5) is 0. The highest BCUT2D eigenvalue weighted by Crippen LogP contribution is 2.21. The van der Waals surface area contributed by atoms with Gasteiger partial charge in [0, 0.05) is 12.0 Å². The van der Waals surface area contributed by atoms with Crippen molar-refractivity contribution in [3.8, 4) is 5.88 Å². The summed E-state index contributed by atoms with van der Waals surface area (Å²) in [6, 6.07) is 3.32. The van der Waals surface area contributed by atoms with Gasteiger partial charge in [-0.15, -0.1) is 10.2 Å². The second-order valence-electron chi connectivity index (χ2n) is 4.39. The number of nitrogens with zero attached hydrogens (tertiary/aromatic N) is 2. The summed E-state index contributed by atoms with van der Waals surface area (Å²) in [7, 11) is 0. The van der Waals surface area contributed by atoms with Gasteiger partial charge in [0.1, 0.15) is 0 Å². The molecule has 1 fully saturated rings. The standard InChI is InChI=1S/C11H15ClN2O3/c1-11(2)16-6-8(7-17-11)5-15-10-4-3-9(12)13-14-10/h3-4,8H,5-7H2,1-2H3. The molecule has 1 aliphatic heterocycles. The Kier molecular flexibility index (Phi) is 3.81. The molecular weight excluding hydrogens is 244 g/mol. The lowest BCUT2D eigenvalue weighted by atomic mass is 10.1. The number of rotatable bonds is 3. The molecule has 6 heteroatoms. The van der Waals surface area contributed by atoms with Crippen LogP contribution in [0.2, 0.25) is 5.15 Å². The quantitative estimate of drug-likeness (QED) is 0.829. The van der Waals surface area contributed by atoms with Gasteiger partial charge in [0.2, 0.25) is 5.88 Å². The Morgan fingerprint density at radius 2 is 2.06 bits per heavy atom. The van der Waals surface area contributed by atoms with E-state index in [1.54, 1.807) is 12.1 Å². The van der Waals surface area contributed by atoms with Crippen LogP contribution in [0.3, 0.4) is 0 Å². The van der Waals surface area contributed by atoms with Crippen LogP contribution in [0.4, 0.5) is 0 Å². The van der Waals surface area contributed by atoms with Gasteiger partial charge in [0.15, 0.2) is 10.9 Å². The van der Waals surface area contributed by atoms with Crippen molar-refractivity contribution >= 4 is 11.6 Å². The number of ether oxygens (including phenoxy) is 3. The fourth-order valence-electron chi connectivity index (χ4n) is 1.41. The van der Waals surface area contributed by atoms with Crippen LogP contribution in [0, 0.1) is 5.92 Å². The van der Waals surface area contributed by atoms with E-state index in [0.29, 0.717) is 30.9 Å². The molecule has 0 aromatic carbocycles. The SMILES string of the molecule is CC1(C)OCC(COc2ccc(Cl)nn2)CO1. The van der Waals surface area contributed by atoms with Crippen molar-refractivity contribution in [1.29, 1.82) is 0 Å². The highest BCUT2D eigenvalue weighted by Gasteiger charge is 2.28. The van der Waals surface area contributed by atoms with Crippen molar-refractivity contribution in [2.24, 2.45) is 5.92 Å². The Bertz CT molecular complexity index is 359. The minimum atomic E-state index is -0.490. The fraction of sp³-hybridized carbons (Fsp3) is 0.636. The lowest BCUT2D eigenvalue weighted by Gasteiger charge is -2.34. The third kappa shape index (κ3) is 3.80. The van der Waals surface area contributed by atoms with E-state index < -0.39 is 5.79 Å². The maximum absolute atomic E-state index is 5.62. The maximum atomic E-state index is 5.62. The normalized spacial score (nSPS) is 20.2. The molecule has 0 atom stereocenters. The van der Waals surface area contributed by atoms with E-state index in [-0.39, 0.29) is 5.92 Å². The average molecular weight is 259 g/mol. The molecule has 0 bridgehead atoms. The molecule has 0 radical (unpaired) electrons. The molecule has 17 heavy (non-hydrogen) atoms. The molecule has 1 saturated heterocycles. The summed E-state index contributed by atoms with van der Waals surface area (Å²) in [5.41, 5.74) is 0. The van der Waals surface area contributed by atoms with Crippen LogP contribution in [-0.4, -0.2) is 35.8 Å². The summed E-state index contributed by atoms with van der Waals surface area (Å²) in [5, 5.41) is 7.85. The Hall–Kier alpha value is -0.910. The van der Waals surface area contributed by atoms with E-state index in [9.17, 15) is 0 Å². The minimum absolute atomic E-state index is 0.209. The van der Waals surface area contributed by atoms with Crippen molar-refractivity contribution in [3.63, 3.8) is 0 Å². The zero-order valence-electron chi connectivity index (χ0n) is 9.85. The molecular formula is C11H15ClN2O3. The first-order valence-electron chi connectivity index (χ1n) is 5.45. The maximum Gasteiger partial charge on any atom is 0.233 e. The van der Waals surface area contributed by atoms with Crippen molar-refractivity contribution in [2.75, 3.05) is 19.8 Å². The largest absolute Gasteiger partial charge is 0.476 e. The van der Waals surface area contributed by atoms with Crippen LogP contribution in [0.25, 0.3) is 0 Å². The second-order valence-corrected chi connectivity index (χ2v) is 4.78. The van der Waals surface area contributed by atoms with Crippen LogP contribution in [-0.2, 0) is 9.47 Å². The van der Waals surface area contributed by atoms with Crippen LogP contribution >= 0.6 is 11.6 Å². The smallest absolute Gasteiger partial charge is 0.233 e. The van der Waals surface area contributed by atoms with E-state index >= 15 is 0 Å². The monoisotopic (exact) mass is 258 g/mol. The molecule has 1 aromatic heterocycles. The Balaban J connectivity index is 1.78. The lowest BCUT2D eigenvalue weighted by molar-refractivity contribution is -0.264. The topological polar surface area (TPSA) is 53.5 Å². The predicted octanol–water partition coefficient (Wildman–Crippen LogP) is 1.91. The van der Waals surface area contributed by atoms with Gasteiger partial charge in [-0.25, -0.2) is 0 Å². The van der Waals surface area contributed by atoms with E-state index in [0.717, 1.165) is 0 Å². The van der Waals surface area contributed by atoms with Gasteiger partial charge < -0.3 is 14.2 Å². The molecule has 0 spiro atoms. The molecule has 2 heterocycles. The van der Waals surface area contributed by atoms with E-state index in [4.69, 9.17) is 25.8 Å². The first kappa shape index (κ1) is 12.5. The molecule has 1 aromatic rings. The molecule has 1 aliphatic rings. The Morgan fingerprint density at radius 3 is 2.65 bits per heavy atom. The molecule has 94 valence electrons. The summed E-state index contributed by atoms with van der Waals surface area (Å²) in [5.74, 6) is 0.177. The van der Waals surface area contributed by atoms with Crippen molar-refractivity contribution < 1.29 is 14.2 Å². The van der Waals surface area contributed by atoms with Gasteiger partial charge in [0.25, 0.3) is 0 Å². The summed E-state index contributed by atoms with van der Waals surface area (Å²) < 4.78 is 16.5. The molecule has 0 amide bonds. The van der Waals surface area contributed by atoms with E-state index in [2.05, 4.69) is 10.2 Å². The first-order chi connectivity index (χ1) is 8.05. The van der Waals surface area contributed by atoms with Gasteiger partial charge in [0.05, 0.1) is 19.8 Å². The Labute approximate surface area is 105 Å². The fourth-order valence-corrected chi connectivity index (χ4v) is 1.51. The first-order valence-corrected chi connectivity index (χ1v) is 5.83. The molecule has 5 nitrogen and oxygen atoms in total. The van der Waals surface area contributed by atoms with Crippen molar-refractivity contribution in [1.82, 2.24) is 10.2 Å². The average Bonchev–Trinajstić information content (AvgIpc) is 2.30. The summed E-state index contributed by atoms with van der Waals surface area (Å²) in [6.45, 7) is 5.53. The molecule has 0 saturated carbocycles. The van der Waals surface area contributed by atoms with Gasteiger partial charge in [-0.05, 0) is 19.9 Å². The van der Waals surface area contributed by atoms with Crippen LogP contribution in [0.15, 0.2) is 12.1 Å². The molecule has 0 unspecified atom stereocenters. The summed E-state index contributed by atoms with van der Waals surface area (Å²) >= 11 is 5.62. The van der Waals surface area contributed by atoms with Crippen molar-refractivity contribution in [3.05, 3.63) is 17.3 Å². The number of hydrogen-bond donors (Lipinski definition) is 0. The van der Waals surface area contributed by atoms with Gasteiger partial charge in [-0.3, -0.25) is 0 Å². The Morgan fingerprint density at radius 1 is 1.35 bits per heavy atom. The zero-order valence-corrected chi connectivity index (χ0v) is 10.6. The van der Waals surface area contributed by atoms with Crippen LogP contribution < -0.4 is 4.74 Å². The van der Waals surface area contributed by atoms with E-state index in [1.165, 1.54) is 0 Å². The van der Waals surface area contributed by atoms with Crippen LogP contribution in [0.1, 0.15) is 13.8 Å². The minimum Gasteiger partial charge on any atom is -0.476 e. The molecule has 0 aliphatic carbocycles. The second kappa shape index (κ2) is 5.16. The summed E-state index contributed by atoms with van der Waals surface area (Å²) in [6.07, 6.45) is 0. The number of halogens is 1. The molecule has 0 N–H and O–H groups in total. The lowest BCUT2D eigenvalue weighted by Crippen LogP contribution is -2.41. The zero-order chi connectivity index (χ0) is 12.3. The highest BCUT2D eigenvalue weighted by molar-refractivity contribution is 6.29. The molecule has 2 rings (SSSR count). The van der Waals surface area contributed by atoms with E-state index in [1.807, 2.05) is 13.8 Å². The third-order valence-electron chi connectivity index (χ3n) is 2.41. The van der Waals surface area contributed by atoms with Gasteiger partial charge in [-0.2, -0.15) is 0 Å². The van der Waals surface area contributed by atoms with Gasteiger partial charge in [-0.1, -0.05) is 11.6 Å². The predicted molar refractivity (Wildman–Crippen MR) is 62.0 cm³/mol. The number of aromatic nitrogens is 2.